The molecule has 0 fully saturated rings. The van der Waals surface area contributed by atoms with Gasteiger partial charge in [-0.25, -0.2) is 9.37 Å². The summed E-state index contributed by atoms with van der Waals surface area (Å²) in [6, 6.07) is 4.78. The van der Waals surface area contributed by atoms with Crippen LogP contribution in [0.5, 0.6) is 0 Å². The average molecular weight is 273 g/mol. The van der Waals surface area contributed by atoms with Crippen LogP contribution in [0.15, 0.2) is 28.9 Å². The van der Waals surface area contributed by atoms with Crippen molar-refractivity contribution in [3.63, 3.8) is 0 Å². The van der Waals surface area contributed by atoms with Gasteiger partial charge in [0.1, 0.15) is 5.82 Å². The van der Waals surface area contributed by atoms with Crippen molar-refractivity contribution in [3.8, 4) is 10.4 Å². The second-order valence-corrected chi connectivity index (χ2v) is 4.66. The molecule has 0 spiro atoms. The zero-order valence-corrected chi connectivity index (χ0v) is 9.40. The Morgan fingerprint density at radius 3 is 2.86 bits per heavy atom. The highest BCUT2D eigenvalue weighted by molar-refractivity contribution is 9.10. The molecule has 0 unspecified atom stereocenters. The van der Waals surface area contributed by atoms with E-state index in [9.17, 15) is 4.39 Å². The van der Waals surface area contributed by atoms with Crippen molar-refractivity contribution in [2.24, 2.45) is 0 Å². The standard InChI is InChI=1S/C9H6BrFN2S/c10-5-1-2-7(11)6(3-5)8-4-13-9(12)14-8/h1-4H,(H2,12,13). The Balaban J connectivity index is 2.55. The molecule has 0 saturated heterocycles. The summed E-state index contributed by atoms with van der Waals surface area (Å²) in [7, 11) is 0. The Hall–Kier alpha value is -0.940. The highest BCUT2D eigenvalue weighted by Gasteiger charge is 2.08. The van der Waals surface area contributed by atoms with E-state index in [1.807, 2.05) is 0 Å². The van der Waals surface area contributed by atoms with Crippen LogP contribution >= 0.6 is 27.3 Å². The van der Waals surface area contributed by atoms with E-state index in [-0.39, 0.29) is 5.82 Å². The molecular formula is C9H6BrFN2S. The number of nitrogens with two attached hydrogens (primary N) is 1. The second-order valence-electron chi connectivity index (χ2n) is 2.69. The third kappa shape index (κ3) is 1.78. The minimum atomic E-state index is -0.267. The number of nitrogens with zero attached hydrogens (tertiary/aromatic N) is 1. The fourth-order valence-corrected chi connectivity index (χ4v) is 2.16. The fourth-order valence-electron chi connectivity index (χ4n) is 1.10. The van der Waals surface area contributed by atoms with Crippen molar-refractivity contribution in [2.75, 3.05) is 5.73 Å². The van der Waals surface area contributed by atoms with Gasteiger partial charge >= 0.3 is 0 Å². The average Bonchev–Trinajstić information content (AvgIpc) is 2.56. The summed E-state index contributed by atoms with van der Waals surface area (Å²) in [5.74, 6) is -0.267. The number of aromatic nitrogens is 1. The maximum absolute atomic E-state index is 13.4. The molecule has 1 aromatic carbocycles. The third-order valence-corrected chi connectivity index (χ3v) is 3.07. The molecule has 0 saturated carbocycles. The van der Waals surface area contributed by atoms with Gasteiger partial charge in [0.2, 0.25) is 0 Å². The molecule has 2 aromatic rings. The maximum atomic E-state index is 13.4. The first-order valence-corrected chi connectivity index (χ1v) is 5.44. The van der Waals surface area contributed by atoms with E-state index >= 15 is 0 Å². The van der Waals surface area contributed by atoms with Crippen LogP contribution in [0, 0.1) is 5.82 Å². The monoisotopic (exact) mass is 272 g/mol. The molecule has 0 radical (unpaired) electrons. The number of hydrogen-bond acceptors (Lipinski definition) is 3. The summed E-state index contributed by atoms with van der Waals surface area (Å²) in [6.07, 6.45) is 1.57. The van der Waals surface area contributed by atoms with Crippen molar-refractivity contribution >= 4 is 32.4 Å². The van der Waals surface area contributed by atoms with Crippen LogP contribution < -0.4 is 5.73 Å². The molecule has 0 atom stereocenters. The van der Waals surface area contributed by atoms with Gasteiger partial charge in [-0.1, -0.05) is 27.3 Å². The Morgan fingerprint density at radius 1 is 1.43 bits per heavy atom. The summed E-state index contributed by atoms with van der Waals surface area (Å²) in [5.41, 5.74) is 6.00. The van der Waals surface area contributed by atoms with Gasteiger partial charge in [0.05, 0.1) is 4.88 Å². The molecular weight excluding hydrogens is 267 g/mol. The van der Waals surface area contributed by atoms with Crippen LogP contribution in [-0.4, -0.2) is 4.98 Å². The Bertz CT molecular complexity index is 470. The van der Waals surface area contributed by atoms with Crippen molar-refractivity contribution < 1.29 is 4.39 Å². The number of rotatable bonds is 1. The van der Waals surface area contributed by atoms with Crippen molar-refractivity contribution in [3.05, 3.63) is 34.7 Å². The number of nitrogen functional groups attached to an aromatic ring is 1. The summed E-state index contributed by atoms with van der Waals surface area (Å²) in [6.45, 7) is 0. The minimum Gasteiger partial charge on any atom is -0.375 e. The summed E-state index contributed by atoms with van der Waals surface area (Å²) in [5, 5.41) is 0.444. The van der Waals surface area contributed by atoms with Crippen LogP contribution in [0.4, 0.5) is 9.52 Å². The third-order valence-electron chi connectivity index (χ3n) is 1.72. The molecule has 2 rings (SSSR count). The number of thiazole rings is 1. The first kappa shape index (κ1) is 9.61. The van der Waals surface area contributed by atoms with Crippen molar-refractivity contribution in [1.29, 1.82) is 0 Å². The van der Waals surface area contributed by atoms with Gasteiger partial charge in [-0.05, 0) is 18.2 Å². The largest absolute Gasteiger partial charge is 0.375 e. The number of anilines is 1. The van der Waals surface area contributed by atoms with Gasteiger partial charge in [0, 0.05) is 16.2 Å². The van der Waals surface area contributed by atoms with E-state index in [1.165, 1.54) is 17.4 Å². The molecule has 1 heterocycles. The highest BCUT2D eigenvalue weighted by atomic mass is 79.9. The molecule has 72 valence electrons. The molecule has 0 aliphatic heterocycles. The number of hydrogen-bond donors (Lipinski definition) is 1. The molecule has 5 heteroatoms. The van der Waals surface area contributed by atoms with Crippen LogP contribution in [-0.2, 0) is 0 Å². The number of benzene rings is 1. The van der Waals surface area contributed by atoms with E-state index in [0.29, 0.717) is 10.7 Å². The zero-order chi connectivity index (χ0) is 10.1. The van der Waals surface area contributed by atoms with Gasteiger partial charge in [-0.2, -0.15) is 0 Å². The van der Waals surface area contributed by atoms with E-state index in [4.69, 9.17) is 5.73 Å². The number of halogens is 2. The van der Waals surface area contributed by atoms with Gasteiger partial charge in [-0.3, -0.25) is 0 Å². The summed E-state index contributed by atoms with van der Waals surface area (Å²) >= 11 is 4.56. The molecule has 14 heavy (non-hydrogen) atoms. The normalized spacial score (nSPS) is 10.4. The van der Waals surface area contributed by atoms with E-state index in [2.05, 4.69) is 20.9 Å². The molecule has 0 amide bonds. The van der Waals surface area contributed by atoms with E-state index < -0.39 is 0 Å². The van der Waals surface area contributed by atoms with E-state index in [0.717, 1.165) is 9.35 Å². The lowest BCUT2D eigenvalue weighted by atomic mass is 10.2. The predicted molar refractivity (Wildman–Crippen MR) is 59.6 cm³/mol. The van der Waals surface area contributed by atoms with Crippen molar-refractivity contribution in [1.82, 2.24) is 4.98 Å². The van der Waals surface area contributed by atoms with Crippen molar-refractivity contribution in [2.45, 2.75) is 0 Å². The lowest BCUT2D eigenvalue weighted by Crippen LogP contribution is -1.80. The van der Waals surface area contributed by atoms with Gasteiger partial charge in [-0.15, -0.1) is 0 Å². The molecule has 0 bridgehead atoms. The molecule has 1 aromatic heterocycles. The molecule has 2 N–H and O–H groups in total. The smallest absolute Gasteiger partial charge is 0.180 e. The molecule has 2 nitrogen and oxygen atoms in total. The molecule has 0 aliphatic carbocycles. The Morgan fingerprint density at radius 2 is 2.21 bits per heavy atom. The summed E-state index contributed by atoms with van der Waals surface area (Å²) in [4.78, 5) is 4.62. The lowest BCUT2D eigenvalue weighted by Gasteiger charge is -1.99. The Labute approximate surface area is 92.7 Å². The van der Waals surface area contributed by atoms with Gasteiger partial charge in [0.25, 0.3) is 0 Å². The van der Waals surface area contributed by atoms with Crippen LogP contribution in [0.2, 0.25) is 0 Å². The van der Waals surface area contributed by atoms with Gasteiger partial charge in [0.15, 0.2) is 5.13 Å². The first-order chi connectivity index (χ1) is 6.66. The Kier molecular flexibility index (Phi) is 2.52. The highest BCUT2D eigenvalue weighted by Crippen LogP contribution is 2.31. The fraction of sp³-hybridized carbons (Fsp3) is 0. The predicted octanol–water partition coefficient (Wildman–Crippen LogP) is 3.29. The summed E-state index contributed by atoms with van der Waals surface area (Å²) < 4.78 is 14.2. The van der Waals surface area contributed by atoms with Crippen LogP contribution in [0.25, 0.3) is 10.4 Å². The maximum Gasteiger partial charge on any atom is 0.180 e. The zero-order valence-electron chi connectivity index (χ0n) is 7.00. The first-order valence-electron chi connectivity index (χ1n) is 3.83. The topological polar surface area (TPSA) is 38.9 Å². The van der Waals surface area contributed by atoms with Gasteiger partial charge < -0.3 is 5.73 Å². The minimum absolute atomic E-state index is 0.267. The van der Waals surface area contributed by atoms with E-state index in [1.54, 1.807) is 18.3 Å². The van der Waals surface area contributed by atoms with Crippen LogP contribution in [0.3, 0.4) is 0 Å². The lowest BCUT2D eigenvalue weighted by molar-refractivity contribution is 0.631. The molecule has 0 aliphatic rings. The quantitative estimate of drug-likeness (QED) is 0.865. The van der Waals surface area contributed by atoms with Crippen LogP contribution in [0.1, 0.15) is 0 Å². The second kappa shape index (κ2) is 3.67. The SMILES string of the molecule is Nc1ncc(-c2cc(Br)ccc2F)s1.